The van der Waals surface area contributed by atoms with E-state index in [1.54, 1.807) is 17.1 Å². The van der Waals surface area contributed by atoms with Gasteiger partial charge in [0.15, 0.2) is 0 Å². The zero-order valence-corrected chi connectivity index (χ0v) is 13.7. The lowest BCUT2D eigenvalue weighted by Gasteiger charge is -2.43. The summed E-state index contributed by atoms with van der Waals surface area (Å²) in [6.07, 6.45) is 6.03. The summed E-state index contributed by atoms with van der Waals surface area (Å²) in [4.78, 5) is 21.0. The van der Waals surface area contributed by atoms with Crippen LogP contribution in [0, 0.1) is 0 Å². The molecule has 0 aliphatic carbocycles. The zero-order chi connectivity index (χ0) is 15.7. The second kappa shape index (κ2) is 6.38. The molecule has 22 heavy (non-hydrogen) atoms. The van der Waals surface area contributed by atoms with Gasteiger partial charge < -0.3 is 14.2 Å². The molecule has 2 atom stereocenters. The third-order valence-corrected chi connectivity index (χ3v) is 4.75. The van der Waals surface area contributed by atoms with Gasteiger partial charge in [0.1, 0.15) is 5.69 Å². The Morgan fingerprint density at radius 2 is 1.86 bits per heavy atom. The van der Waals surface area contributed by atoms with Gasteiger partial charge in [-0.3, -0.25) is 9.69 Å². The van der Waals surface area contributed by atoms with Crippen molar-refractivity contribution in [1.29, 1.82) is 0 Å². The van der Waals surface area contributed by atoms with E-state index in [9.17, 15) is 4.79 Å². The number of likely N-dealkylation sites (tertiary alicyclic amines) is 1. The van der Waals surface area contributed by atoms with Crippen molar-refractivity contribution in [3.63, 3.8) is 0 Å². The third kappa shape index (κ3) is 3.17. The number of piperidine rings is 1. The van der Waals surface area contributed by atoms with Crippen LogP contribution in [0.3, 0.4) is 0 Å². The molecule has 0 spiro atoms. The molecule has 1 aromatic heterocycles. The minimum atomic E-state index is 0.0992. The van der Waals surface area contributed by atoms with E-state index in [4.69, 9.17) is 4.74 Å². The molecule has 1 amide bonds. The number of hydrogen-bond donors (Lipinski definition) is 0. The Labute approximate surface area is 132 Å². The minimum Gasteiger partial charge on any atom is -0.373 e. The number of aryl methyl sites for hydroxylation is 1. The lowest BCUT2D eigenvalue weighted by Crippen LogP contribution is -2.53. The van der Waals surface area contributed by atoms with Gasteiger partial charge in [-0.25, -0.2) is 4.98 Å². The van der Waals surface area contributed by atoms with Crippen LogP contribution in [0.5, 0.6) is 0 Å². The van der Waals surface area contributed by atoms with Gasteiger partial charge in [-0.2, -0.15) is 0 Å². The van der Waals surface area contributed by atoms with Gasteiger partial charge in [-0.05, 0) is 26.7 Å². The van der Waals surface area contributed by atoms with Crippen LogP contribution in [-0.2, 0) is 11.8 Å². The molecular formula is C16H26N4O2. The highest BCUT2D eigenvalue weighted by Crippen LogP contribution is 2.22. The van der Waals surface area contributed by atoms with Gasteiger partial charge in [0.25, 0.3) is 5.91 Å². The van der Waals surface area contributed by atoms with Crippen LogP contribution in [0.2, 0.25) is 0 Å². The number of hydrogen-bond acceptors (Lipinski definition) is 4. The number of nitrogens with zero attached hydrogens (tertiary/aromatic N) is 4. The minimum absolute atomic E-state index is 0.0992. The Kier molecular flexibility index (Phi) is 4.49. The molecule has 2 saturated heterocycles. The maximum absolute atomic E-state index is 12.5. The summed E-state index contributed by atoms with van der Waals surface area (Å²) < 4.78 is 7.60. The SMILES string of the molecule is C[C@@H]1CN(C2CCN(C(=O)c3cncn3C)CC2)C[C@H](C)O1. The van der Waals surface area contributed by atoms with Gasteiger partial charge >= 0.3 is 0 Å². The average molecular weight is 306 g/mol. The molecule has 0 unspecified atom stereocenters. The van der Waals surface area contributed by atoms with E-state index >= 15 is 0 Å². The summed E-state index contributed by atoms with van der Waals surface area (Å²) >= 11 is 0. The van der Waals surface area contributed by atoms with E-state index in [1.165, 1.54) is 0 Å². The third-order valence-electron chi connectivity index (χ3n) is 4.75. The second-order valence-corrected chi connectivity index (χ2v) is 6.62. The predicted octanol–water partition coefficient (Wildman–Crippen LogP) is 1.13. The molecule has 2 fully saturated rings. The highest BCUT2D eigenvalue weighted by Gasteiger charge is 2.32. The molecule has 3 heterocycles. The first-order valence-electron chi connectivity index (χ1n) is 8.19. The maximum atomic E-state index is 12.5. The maximum Gasteiger partial charge on any atom is 0.272 e. The number of aromatic nitrogens is 2. The molecule has 0 aromatic carbocycles. The summed E-state index contributed by atoms with van der Waals surface area (Å²) in [7, 11) is 1.86. The van der Waals surface area contributed by atoms with Crippen molar-refractivity contribution < 1.29 is 9.53 Å². The van der Waals surface area contributed by atoms with E-state index in [-0.39, 0.29) is 5.91 Å². The first-order chi connectivity index (χ1) is 10.5. The van der Waals surface area contributed by atoms with Crippen LogP contribution in [-0.4, -0.2) is 69.7 Å². The zero-order valence-electron chi connectivity index (χ0n) is 13.7. The largest absolute Gasteiger partial charge is 0.373 e. The highest BCUT2D eigenvalue weighted by molar-refractivity contribution is 5.92. The van der Waals surface area contributed by atoms with Gasteiger partial charge in [-0.1, -0.05) is 0 Å². The highest BCUT2D eigenvalue weighted by atomic mass is 16.5. The molecule has 6 heteroatoms. The first kappa shape index (κ1) is 15.5. The summed E-state index contributed by atoms with van der Waals surface area (Å²) in [6.45, 7) is 7.95. The van der Waals surface area contributed by atoms with Gasteiger partial charge in [0.2, 0.25) is 0 Å². The van der Waals surface area contributed by atoms with Crippen molar-refractivity contribution in [2.75, 3.05) is 26.2 Å². The Morgan fingerprint density at radius 1 is 1.23 bits per heavy atom. The van der Waals surface area contributed by atoms with Crippen LogP contribution >= 0.6 is 0 Å². The van der Waals surface area contributed by atoms with Crippen LogP contribution < -0.4 is 0 Å². The molecule has 0 N–H and O–H groups in total. The Hall–Kier alpha value is -1.40. The fourth-order valence-electron chi connectivity index (χ4n) is 3.68. The Balaban J connectivity index is 1.56. The normalized spacial score (nSPS) is 28.0. The lowest BCUT2D eigenvalue weighted by molar-refractivity contribution is -0.0856. The Morgan fingerprint density at radius 3 is 2.41 bits per heavy atom. The van der Waals surface area contributed by atoms with E-state index in [1.807, 2.05) is 11.9 Å². The van der Waals surface area contributed by atoms with Crippen molar-refractivity contribution in [1.82, 2.24) is 19.4 Å². The number of rotatable bonds is 2. The monoisotopic (exact) mass is 306 g/mol. The van der Waals surface area contributed by atoms with Crippen LogP contribution in [0.4, 0.5) is 0 Å². The van der Waals surface area contributed by atoms with Crippen molar-refractivity contribution in [2.45, 2.75) is 44.9 Å². The van der Waals surface area contributed by atoms with E-state index < -0.39 is 0 Å². The number of carbonyl (C=O) groups is 1. The molecule has 6 nitrogen and oxygen atoms in total. The smallest absolute Gasteiger partial charge is 0.272 e. The fraction of sp³-hybridized carbons (Fsp3) is 0.750. The standard InChI is InChI=1S/C16H26N4O2/c1-12-9-20(10-13(2)22-12)14-4-6-19(7-5-14)16(21)15-8-17-11-18(15)3/h8,11-14H,4-7,9-10H2,1-3H3/t12-,13+. The molecule has 2 aliphatic rings. The van der Waals surface area contributed by atoms with Crippen molar-refractivity contribution in [2.24, 2.45) is 7.05 Å². The van der Waals surface area contributed by atoms with Crippen LogP contribution in [0.25, 0.3) is 0 Å². The molecule has 0 radical (unpaired) electrons. The van der Waals surface area contributed by atoms with Crippen molar-refractivity contribution in [3.8, 4) is 0 Å². The number of imidazole rings is 1. The fourth-order valence-corrected chi connectivity index (χ4v) is 3.68. The predicted molar refractivity (Wildman–Crippen MR) is 83.7 cm³/mol. The Bertz CT molecular complexity index is 512. The molecule has 0 saturated carbocycles. The summed E-state index contributed by atoms with van der Waals surface area (Å²) in [5.74, 6) is 0.0992. The van der Waals surface area contributed by atoms with Gasteiger partial charge in [0, 0.05) is 39.3 Å². The molecule has 1 aromatic rings. The first-order valence-corrected chi connectivity index (χ1v) is 8.19. The number of carbonyl (C=O) groups excluding carboxylic acids is 1. The van der Waals surface area contributed by atoms with Gasteiger partial charge in [-0.15, -0.1) is 0 Å². The molecular weight excluding hydrogens is 280 g/mol. The van der Waals surface area contributed by atoms with Gasteiger partial charge in [0.05, 0.1) is 24.7 Å². The second-order valence-electron chi connectivity index (χ2n) is 6.62. The number of morpholine rings is 1. The lowest BCUT2D eigenvalue weighted by atomic mass is 10.0. The van der Waals surface area contributed by atoms with Crippen LogP contribution in [0.1, 0.15) is 37.2 Å². The average Bonchev–Trinajstić information content (AvgIpc) is 2.92. The topological polar surface area (TPSA) is 50.6 Å². The van der Waals surface area contributed by atoms with E-state index in [2.05, 4.69) is 23.7 Å². The summed E-state index contributed by atoms with van der Waals surface area (Å²) in [6, 6.07) is 0.574. The molecule has 0 bridgehead atoms. The van der Waals surface area contributed by atoms with E-state index in [0.29, 0.717) is 23.9 Å². The molecule has 2 aliphatic heterocycles. The number of ether oxygens (including phenoxy) is 1. The number of amides is 1. The quantitative estimate of drug-likeness (QED) is 0.822. The molecule has 3 rings (SSSR count). The summed E-state index contributed by atoms with van der Waals surface area (Å²) in [5, 5.41) is 0. The van der Waals surface area contributed by atoms with Crippen LogP contribution in [0.15, 0.2) is 12.5 Å². The summed E-state index contributed by atoms with van der Waals surface area (Å²) in [5.41, 5.74) is 0.673. The van der Waals surface area contributed by atoms with Crippen molar-refractivity contribution in [3.05, 3.63) is 18.2 Å². The van der Waals surface area contributed by atoms with E-state index in [0.717, 1.165) is 39.0 Å². The van der Waals surface area contributed by atoms with Crippen molar-refractivity contribution >= 4 is 5.91 Å². The molecule has 122 valence electrons.